The molecule has 0 heterocycles. The van der Waals surface area contributed by atoms with E-state index in [4.69, 9.17) is 21.1 Å². The smallest absolute Gasteiger partial charge is 0.311 e. The average molecular weight is 317 g/mol. The number of ether oxygens (including phenoxy) is 2. The molecule has 0 aliphatic rings. The lowest BCUT2D eigenvalue weighted by molar-refractivity contribution is -0.151. The Bertz CT molecular complexity index is 484. The van der Waals surface area contributed by atoms with Crippen LogP contribution in [0.1, 0.15) is 39.5 Å². The van der Waals surface area contributed by atoms with E-state index in [0.29, 0.717) is 0 Å². The molecular weight excluding hydrogens is 299 g/mol. The predicted octanol–water partition coefficient (Wildman–Crippen LogP) is 3.90. The van der Waals surface area contributed by atoms with Crippen molar-refractivity contribution in [2.75, 3.05) is 0 Å². The molecule has 0 saturated carbocycles. The SMILES string of the molecule is CCCC(C)OC(=O)CCC(=O)Oc1c(F)cccc1Cl. The molecule has 0 aliphatic heterocycles. The van der Waals surface area contributed by atoms with Gasteiger partial charge in [0.1, 0.15) is 0 Å². The van der Waals surface area contributed by atoms with Gasteiger partial charge in [-0.05, 0) is 25.5 Å². The van der Waals surface area contributed by atoms with E-state index in [1.54, 1.807) is 6.92 Å². The molecular formula is C15H18ClFO4. The Morgan fingerprint density at radius 1 is 1.29 bits per heavy atom. The number of para-hydroxylation sites is 1. The molecule has 0 radical (unpaired) electrons. The second kappa shape index (κ2) is 8.62. The van der Waals surface area contributed by atoms with Crippen molar-refractivity contribution >= 4 is 23.5 Å². The first-order valence-electron chi connectivity index (χ1n) is 6.78. The standard InChI is InChI=1S/C15H18ClFO4/c1-3-5-10(2)20-13(18)8-9-14(19)21-15-11(16)6-4-7-12(15)17/h4,6-7,10H,3,5,8-9H2,1-2H3. The third kappa shape index (κ3) is 6.12. The summed E-state index contributed by atoms with van der Waals surface area (Å²) in [5.41, 5.74) is 0. The van der Waals surface area contributed by atoms with Crippen LogP contribution < -0.4 is 4.74 Å². The fourth-order valence-corrected chi connectivity index (χ4v) is 1.90. The molecule has 4 nitrogen and oxygen atoms in total. The van der Waals surface area contributed by atoms with Crippen molar-refractivity contribution in [2.45, 2.75) is 45.6 Å². The molecule has 1 aromatic carbocycles. The number of carbonyl (C=O) groups excluding carboxylic acids is 2. The summed E-state index contributed by atoms with van der Waals surface area (Å²) in [7, 11) is 0. The maximum Gasteiger partial charge on any atom is 0.311 e. The van der Waals surface area contributed by atoms with Crippen LogP contribution in [0.15, 0.2) is 18.2 Å². The quantitative estimate of drug-likeness (QED) is 0.565. The summed E-state index contributed by atoms with van der Waals surface area (Å²) in [4.78, 5) is 23.1. The van der Waals surface area contributed by atoms with Crippen molar-refractivity contribution in [3.8, 4) is 5.75 Å². The highest BCUT2D eigenvalue weighted by atomic mass is 35.5. The number of hydrogen-bond donors (Lipinski definition) is 0. The minimum Gasteiger partial charge on any atom is -0.463 e. The first kappa shape index (κ1) is 17.4. The van der Waals surface area contributed by atoms with E-state index in [-0.39, 0.29) is 29.7 Å². The van der Waals surface area contributed by atoms with E-state index in [9.17, 15) is 14.0 Å². The van der Waals surface area contributed by atoms with Crippen LogP contribution in [0.5, 0.6) is 5.75 Å². The van der Waals surface area contributed by atoms with Crippen molar-refractivity contribution in [1.29, 1.82) is 0 Å². The van der Waals surface area contributed by atoms with E-state index >= 15 is 0 Å². The van der Waals surface area contributed by atoms with Crippen LogP contribution in [0.25, 0.3) is 0 Å². The molecule has 21 heavy (non-hydrogen) atoms. The third-order valence-electron chi connectivity index (χ3n) is 2.70. The molecule has 1 rings (SSSR count). The molecule has 0 amide bonds. The lowest BCUT2D eigenvalue weighted by Gasteiger charge is -2.12. The van der Waals surface area contributed by atoms with Gasteiger partial charge in [-0.25, -0.2) is 4.39 Å². The zero-order valence-corrected chi connectivity index (χ0v) is 12.8. The van der Waals surface area contributed by atoms with Gasteiger partial charge in [0.15, 0.2) is 11.6 Å². The summed E-state index contributed by atoms with van der Waals surface area (Å²) in [5.74, 6) is -2.26. The zero-order chi connectivity index (χ0) is 15.8. The molecule has 0 fully saturated rings. The minimum absolute atomic E-state index is 0.00231. The van der Waals surface area contributed by atoms with Gasteiger partial charge < -0.3 is 9.47 Å². The summed E-state index contributed by atoms with van der Waals surface area (Å²) in [5, 5.41) is 0.00231. The number of halogens is 2. The highest BCUT2D eigenvalue weighted by molar-refractivity contribution is 6.32. The van der Waals surface area contributed by atoms with Gasteiger partial charge in [-0.15, -0.1) is 0 Å². The Morgan fingerprint density at radius 2 is 1.95 bits per heavy atom. The highest BCUT2D eigenvalue weighted by Crippen LogP contribution is 2.27. The van der Waals surface area contributed by atoms with Crippen LogP contribution in [0.2, 0.25) is 5.02 Å². The summed E-state index contributed by atoms with van der Waals surface area (Å²) < 4.78 is 23.3. The van der Waals surface area contributed by atoms with Gasteiger partial charge in [-0.3, -0.25) is 9.59 Å². The predicted molar refractivity (Wildman–Crippen MR) is 76.7 cm³/mol. The van der Waals surface area contributed by atoms with Gasteiger partial charge in [0, 0.05) is 0 Å². The van der Waals surface area contributed by atoms with Crippen molar-refractivity contribution in [2.24, 2.45) is 0 Å². The molecule has 0 aliphatic carbocycles. The average Bonchev–Trinajstić information content (AvgIpc) is 2.41. The van der Waals surface area contributed by atoms with Crippen LogP contribution in [0.4, 0.5) is 4.39 Å². The fraction of sp³-hybridized carbons (Fsp3) is 0.467. The van der Waals surface area contributed by atoms with E-state index in [2.05, 4.69) is 0 Å². The van der Waals surface area contributed by atoms with Crippen LogP contribution >= 0.6 is 11.6 Å². The van der Waals surface area contributed by atoms with Crippen molar-refractivity contribution in [3.05, 3.63) is 29.0 Å². The van der Waals surface area contributed by atoms with Crippen LogP contribution in [0, 0.1) is 5.82 Å². The molecule has 1 aromatic rings. The molecule has 0 bridgehead atoms. The number of hydrogen-bond acceptors (Lipinski definition) is 4. The fourth-order valence-electron chi connectivity index (χ4n) is 1.70. The van der Waals surface area contributed by atoms with Crippen LogP contribution in [-0.2, 0) is 14.3 Å². The molecule has 0 N–H and O–H groups in total. The van der Waals surface area contributed by atoms with Gasteiger partial charge in [-0.1, -0.05) is 31.0 Å². The van der Waals surface area contributed by atoms with E-state index in [0.717, 1.165) is 18.9 Å². The summed E-state index contributed by atoms with van der Waals surface area (Å²) in [6.45, 7) is 3.78. The Kier molecular flexibility index (Phi) is 7.15. The topological polar surface area (TPSA) is 52.6 Å². The van der Waals surface area contributed by atoms with E-state index in [1.807, 2.05) is 6.92 Å². The first-order chi connectivity index (χ1) is 9.93. The second-order valence-electron chi connectivity index (χ2n) is 4.61. The number of benzene rings is 1. The molecule has 0 saturated heterocycles. The van der Waals surface area contributed by atoms with Crippen molar-refractivity contribution in [1.82, 2.24) is 0 Å². The lowest BCUT2D eigenvalue weighted by Crippen LogP contribution is -2.17. The molecule has 1 unspecified atom stereocenters. The van der Waals surface area contributed by atoms with Gasteiger partial charge in [0.2, 0.25) is 0 Å². The Labute approximate surface area is 128 Å². The van der Waals surface area contributed by atoms with E-state index in [1.165, 1.54) is 12.1 Å². The maximum atomic E-state index is 13.4. The number of esters is 2. The van der Waals surface area contributed by atoms with Gasteiger partial charge in [0.25, 0.3) is 0 Å². The summed E-state index contributed by atoms with van der Waals surface area (Å²) in [6, 6.07) is 3.95. The monoisotopic (exact) mass is 316 g/mol. The van der Waals surface area contributed by atoms with Gasteiger partial charge >= 0.3 is 11.9 Å². The Balaban J connectivity index is 2.43. The highest BCUT2D eigenvalue weighted by Gasteiger charge is 2.16. The molecule has 6 heteroatoms. The molecule has 116 valence electrons. The Morgan fingerprint density at radius 3 is 2.57 bits per heavy atom. The van der Waals surface area contributed by atoms with Gasteiger partial charge in [-0.2, -0.15) is 0 Å². The number of carbonyl (C=O) groups is 2. The third-order valence-corrected chi connectivity index (χ3v) is 2.99. The molecule has 0 spiro atoms. The molecule has 1 atom stereocenters. The zero-order valence-electron chi connectivity index (χ0n) is 12.0. The van der Waals surface area contributed by atoms with Crippen LogP contribution in [0.3, 0.4) is 0 Å². The number of rotatable bonds is 7. The lowest BCUT2D eigenvalue weighted by atomic mass is 10.2. The van der Waals surface area contributed by atoms with Gasteiger partial charge in [0.05, 0.1) is 24.0 Å². The minimum atomic E-state index is -0.734. The summed E-state index contributed by atoms with van der Waals surface area (Å²) >= 11 is 5.73. The van der Waals surface area contributed by atoms with Crippen molar-refractivity contribution < 1.29 is 23.5 Å². The summed E-state index contributed by atoms with van der Waals surface area (Å²) in [6.07, 6.45) is 1.18. The van der Waals surface area contributed by atoms with Crippen LogP contribution in [-0.4, -0.2) is 18.0 Å². The van der Waals surface area contributed by atoms with Crippen molar-refractivity contribution in [3.63, 3.8) is 0 Å². The maximum absolute atomic E-state index is 13.4. The first-order valence-corrected chi connectivity index (χ1v) is 7.16. The largest absolute Gasteiger partial charge is 0.463 e. The Hall–Kier alpha value is -1.62. The normalized spacial score (nSPS) is 11.8. The van der Waals surface area contributed by atoms with E-state index < -0.39 is 17.8 Å². The second-order valence-corrected chi connectivity index (χ2v) is 5.02. The molecule has 0 aromatic heterocycles.